The number of hydrogen-bond donors (Lipinski definition) is 0. The molecule has 4 nitrogen and oxygen atoms in total. The first-order chi connectivity index (χ1) is 27.3. The molecule has 0 aliphatic carbocycles. The monoisotopic (exact) mass is 700 g/mol. The zero-order valence-corrected chi connectivity index (χ0v) is 29.8. The van der Waals surface area contributed by atoms with Crippen LogP contribution in [0.4, 0.5) is 17.2 Å². The number of anilines is 3. The van der Waals surface area contributed by atoms with Crippen LogP contribution in [0.25, 0.3) is 88.0 Å². The average molecular weight is 701 g/mol. The van der Waals surface area contributed by atoms with Gasteiger partial charge in [-0.15, -0.1) is 0 Å². The van der Waals surface area contributed by atoms with Crippen LogP contribution in [0.2, 0.25) is 0 Å². The van der Waals surface area contributed by atoms with Gasteiger partial charge in [0.1, 0.15) is 5.82 Å². The van der Waals surface area contributed by atoms with Gasteiger partial charge in [-0.1, -0.05) is 115 Å². The highest BCUT2D eigenvalue weighted by atomic mass is 15.2. The van der Waals surface area contributed by atoms with Gasteiger partial charge in [0.05, 0.1) is 33.4 Å². The Hall–Kier alpha value is -7.43. The highest BCUT2D eigenvalue weighted by Gasteiger charge is 2.30. The molecule has 0 amide bonds. The number of rotatable bonds is 4. The van der Waals surface area contributed by atoms with E-state index in [9.17, 15) is 0 Å². The second-order valence-corrected chi connectivity index (χ2v) is 14.4. The minimum absolute atomic E-state index is 0.904. The smallest absolute Gasteiger partial charge is 0.137 e. The Morgan fingerprint density at radius 1 is 0.382 bits per heavy atom. The molecule has 0 radical (unpaired) electrons. The lowest BCUT2D eigenvalue weighted by molar-refractivity contribution is 1.17. The van der Waals surface area contributed by atoms with E-state index in [1.54, 1.807) is 0 Å². The predicted molar refractivity (Wildman–Crippen MR) is 230 cm³/mol. The molecule has 8 aromatic carbocycles. The molecule has 0 saturated carbocycles. The van der Waals surface area contributed by atoms with E-state index in [0.717, 1.165) is 28.4 Å². The first kappa shape index (κ1) is 30.1. The molecule has 4 heteroatoms. The van der Waals surface area contributed by atoms with Gasteiger partial charge in [-0.3, -0.25) is 4.90 Å². The molecule has 0 fully saturated rings. The van der Waals surface area contributed by atoms with Crippen LogP contribution in [0.15, 0.2) is 194 Å². The standard InChI is InChI=1S/C51H32N4/c1-2-16-36(17-3-1)53-43-22-6-4-19-38(43)42-32-35(26-28-45(42)53)34-15-10-18-37(31-34)54-44-23-7-5-20-41(44)50-47(54)29-27-40-39-21-11-13-33-14-12-24-46(49(33)39)55(51(40)50)48-25-8-9-30-52-48/h1-32H. The van der Waals surface area contributed by atoms with Crippen molar-refractivity contribution >= 4 is 71.6 Å². The molecular weight excluding hydrogens is 669 g/mol. The topological polar surface area (TPSA) is 26.0 Å². The van der Waals surface area contributed by atoms with Crippen molar-refractivity contribution in [1.82, 2.24) is 14.1 Å². The Balaban J connectivity index is 1.09. The Morgan fingerprint density at radius 2 is 1.05 bits per heavy atom. The van der Waals surface area contributed by atoms with Crippen LogP contribution in [0.5, 0.6) is 0 Å². The molecule has 1 aliphatic heterocycles. The predicted octanol–water partition coefficient (Wildman–Crippen LogP) is 13.5. The fourth-order valence-electron chi connectivity index (χ4n) is 9.18. The van der Waals surface area contributed by atoms with Gasteiger partial charge >= 0.3 is 0 Å². The molecule has 0 bridgehead atoms. The second-order valence-electron chi connectivity index (χ2n) is 14.4. The van der Waals surface area contributed by atoms with Crippen LogP contribution in [0.3, 0.4) is 0 Å². The summed E-state index contributed by atoms with van der Waals surface area (Å²) in [5, 5.41) is 7.40. The van der Waals surface area contributed by atoms with E-state index in [0.29, 0.717) is 0 Å². The summed E-state index contributed by atoms with van der Waals surface area (Å²) in [5.41, 5.74) is 14.2. The molecule has 4 heterocycles. The van der Waals surface area contributed by atoms with Gasteiger partial charge in [0.15, 0.2) is 0 Å². The van der Waals surface area contributed by atoms with Gasteiger partial charge in [-0.2, -0.15) is 0 Å². The Bertz CT molecular complexity index is 3310. The summed E-state index contributed by atoms with van der Waals surface area (Å²) in [5.74, 6) is 0.904. The van der Waals surface area contributed by atoms with Crippen molar-refractivity contribution in [2.45, 2.75) is 0 Å². The molecular formula is C51H32N4. The Kier molecular flexibility index (Phi) is 6.31. The quantitative estimate of drug-likeness (QED) is 0.183. The van der Waals surface area contributed by atoms with E-state index < -0.39 is 0 Å². The molecule has 0 unspecified atom stereocenters. The minimum Gasteiger partial charge on any atom is -0.309 e. The van der Waals surface area contributed by atoms with Gasteiger partial charge in [-0.05, 0) is 94.9 Å². The number of para-hydroxylation sites is 3. The molecule has 12 rings (SSSR count). The zero-order valence-electron chi connectivity index (χ0n) is 29.8. The summed E-state index contributed by atoms with van der Waals surface area (Å²) in [6.45, 7) is 0. The van der Waals surface area contributed by atoms with Gasteiger partial charge in [-0.25, -0.2) is 4.98 Å². The van der Waals surface area contributed by atoms with Crippen molar-refractivity contribution in [2.75, 3.05) is 4.90 Å². The normalized spacial score (nSPS) is 12.3. The summed E-state index contributed by atoms with van der Waals surface area (Å²) in [7, 11) is 0. The Labute approximate surface area is 317 Å². The van der Waals surface area contributed by atoms with Gasteiger partial charge in [0, 0.05) is 50.1 Å². The maximum absolute atomic E-state index is 4.94. The number of fused-ring (bicyclic) bond motifs is 9. The molecule has 256 valence electrons. The maximum atomic E-state index is 4.94. The van der Waals surface area contributed by atoms with Crippen molar-refractivity contribution in [1.29, 1.82) is 0 Å². The van der Waals surface area contributed by atoms with Crippen molar-refractivity contribution < 1.29 is 0 Å². The van der Waals surface area contributed by atoms with E-state index >= 15 is 0 Å². The van der Waals surface area contributed by atoms with Crippen LogP contribution < -0.4 is 4.90 Å². The SMILES string of the molecule is c1ccc(-n2c3ccccc3c3cc(-c4cccc(-n5c6ccccc6c6c7c(ccc65)-c5cccc6cccc(c56)N7c5ccccn5)c4)ccc32)cc1. The summed E-state index contributed by atoms with van der Waals surface area (Å²) in [6.07, 6.45) is 1.89. The minimum atomic E-state index is 0.904. The van der Waals surface area contributed by atoms with Crippen molar-refractivity contribution in [2.24, 2.45) is 0 Å². The average Bonchev–Trinajstić information content (AvgIpc) is 3.77. The van der Waals surface area contributed by atoms with E-state index in [-0.39, 0.29) is 0 Å². The van der Waals surface area contributed by atoms with Crippen molar-refractivity contribution in [3.63, 3.8) is 0 Å². The molecule has 11 aromatic rings. The van der Waals surface area contributed by atoms with Crippen LogP contribution in [0, 0.1) is 0 Å². The van der Waals surface area contributed by atoms with E-state index in [1.165, 1.54) is 76.8 Å². The lowest BCUT2D eigenvalue weighted by Crippen LogP contribution is -2.16. The van der Waals surface area contributed by atoms with Crippen LogP contribution in [-0.4, -0.2) is 14.1 Å². The second kappa shape index (κ2) is 11.5. The van der Waals surface area contributed by atoms with Crippen LogP contribution in [0.1, 0.15) is 0 Å². The summed E-state index contributed by atoms with van der Waals surface area (Å²) in [6, 6.07) is 68.2. The highest BCUT2D eigenvalue weighted by molar-refractivity contribution is 6.24. The molecule has 0 atom stereocenters. The largest absolute Gasteiger partial charge is 0.309 e. The van der Waals surface area contributed by atoms with Gasteiger partial charge in [0.2, 0.25) is 0 Å². The van der Waals surface area contributed by atoms with Crippen LogP contribution in [-0.2, 0) is 0 Å². The number of nitrogens with zero attached hydrogens (tertiary/aromatic N) is 4. The molecule has 1 aliphatic rings. The van der Waals surface area contributed by atoms with Crippen molar-refractivity contribution in [3.8, 4) is 33.6 Å². The number of pyridine rings is 1. The third kappa shape index (κ3) is 4.31. The number of aromatic nitrogens is 3. The Morgan fingerprint density at radius 3 is 1.91 bits per heavy atom. The molecule has 0 saturated heterocycles. The van der Waals surface area contributed by atoms with E-state index in [2.05, 4.69) is 196 Å². The highest BCUT2D eigenvalue weighted by Crippen LogP contribution is 2.54. The molecule has 55 heavy (non-hydrogen) atoms. The zero-order chi connectivity index (χ0) is 36.0. The first-order valence-electron chi connectivity index (χ1n) is 18.8. The lowest BCUT2D eigenvalue weighted by atomic mass is 9.89. The summed E-state index contributed by atoms with van der Waals surface area (Å²) in [4.78, 5) is 7.31. The summed E-state index contributed by atoms with van der Waals surface area (Å²) >= 11 is 0. The first-order valence-corrected chi connectivity index (χ1v) is 18.8. The van der Waals surface area contributed by atoms with E-state index in [4.69, 9.17) is 4.98 Å². The molecule has 0 spiro atoms. The maximum Gasteiger partial charge on any atom is 0.137 e. The summed E-state index contributed by atoms with van der Waals surface area (Å²) < 4.78 is 4.81. The fourth-order valence-corrected chi connectivity index (χ4v) is 9.18. The third-order valence-electron chi connectivity index (χ3n) is 11.5. The molecule has 3 aromatic heterocycles. The third-order valence-corrected chi connectivity index (χ3v) is 11.5. The number of benzene rings is 8. The van der Waals surface area contributed by atoms with Gasteiger partial charge < -0.3 is 9.13 Å². The van der Waals surface area contributed by atoms with E-state index in [1.807, 2.05) is 12.3 Å². The van der Waals surface area contributed by atoms with Crippen molar-refractivity contribution in [3.05, 3.63) is 194 Å². The number of hydrogen-bond acceptors (Lipinski definition) is 2. The fraction of sp³-hybridized carbons (Fsp3) is 0. The lowest BCUT2D eigenvalue weighted by Gasteiger charge is -2.33. The van der Waals surface area contributed by atoms with Crippen LogP contribution >= 0.6 is 0 Å². The molecule has 0 N–H and O–H groups in total. The van der Waals surface area contributed by atoms with Gasteiger partial charge in [0.25, 0.3) is 0 Å².